The van der Waals surface area contributed by atoms with Crippen molar-refractivity contribution >= 4 is 45.5 Å². The SMILES string of the molecule is N#C/C(=C/c1ccccc1I)C(=O)NCCc1c[nH]c2ccccc12. The fourth-order valence-corrected chi connectivity index (χ4v) is 3.18. The van der Waals surface area contributed by atoms with Gasteiger partial charge in [0.15, 0.2) is 0 Å². The Hall–Kier alpha value is -2.59. The number of fused-ring (bicyclic) bond motifs is 1. The van der Waals surface area contributed by atoms with E-state index in [0.29, 0.717) is 13.0 Å². The van der Waals surface area contributed by atoms with Crippen molar-refractivity contribution in [3.63, 3.8) is 0 Å². The van der Waals surface area contributed by atoms with Crippen LogP contribution in [0, 0.1) is 14.9 Å². The maximum atomic E-state index is 12.3. The van der Waals surface area contributed by atoms with Crippen LogP contribution in [-0.2, 0) is 11.2 Å². The molecule has 0 saturated heterocycles. The van der Waals surface area contributed by atoms with Crippen molar-refractivity contribution in [1.82, 2.24) is 10.3 Å². The van der Waals surface area contributed by atoms with Gasteiger partial charge in [-0.25, -0.2) is 0 Å². The molecule has 1 aromatic heterocycles. The summed E-state index contributed by atoms with van der Waals surface area (Å²) in [5.41, 5.74) is 3.21. The second kappa shape index (κ2) is 7.99. The number of aromatic amines is 1. The van der Waals surface area contributed by atoms with Gasteiger partial charge in [0.2, 0.25) is 0 Å². The minimum absolute atomic E-state index is 0.114. The highest BCUT2D eigenvalue weighted by molar-refractivity contribution is 14.1. The van der Waals surface area contributed by atoms with E-state index in [4.69, 9.17) is 0 Å². The Balaban J connectivity index is 1.65. The molecule has 0 saturated carbocycles. The molecular weight excluding hydrogens is 425 g/mol. The average Bonchev–Trinajstić information content (AvgIpc) is 3.04. The molecule has 0 spiro atoms. The summed E-state index contributed by atoms with van der Waals surface area (Å²) in [6.45, 7) is 0.478. The molecule has 3 aromatic rings. The summed E-state index contributed by atoms with van der Waals surface area (Å²) >= 11 is 2.19. The van der Waals surface area contributed by atoms with Gasteiger partial charge >= 0.3 is 0 Å². The number of carbonyl (C=O) groups excluding carboxylic acids is 1. The Kier molecular flexibility index (Phi) is 5.51. The monoisotopic (exact) mass is 441 g/mol. The van der Waals surface area contributed by atoms with Gasteiger partial charge in [-0.2, -0.15) is 5.26 Å². The quantitative estimate of drug-likeness (QED) is 0.357. The number of para-hydroxylation sites is 1. The number of halogens is 1. The first-order chi connectivity index (χ1) is 12.2. The lowest BCUT2D eigenvalue weighted by Gasteiger charge is -2.05. The molecule has 2 aromatic carbocycles. The predicted octanol–water partition coefficient (Wildman–Crippen LogP) is 4.04. The molecule has 0 radical (unpaired) electrons. The summed E-state index contributed by atoms with van der Waals surface area (Å²) in [7, 11) is 0. The zero-order valence-electron chi connectivity index (χ0n) is 13.4. The third-order valence-corrected chi connectivity index (χ3v) is 4.91. The van der Waals surface area contributed by atoms with Crippen molar-refractivity contribution in [2.24, 2.45) is 0 Å². The summed E-state index contributed by atoms with van der Waals surface area (Å²) in [5.74, 6) is -0.345. The lowest BCUT2D eigenvalue weighted by molar-refractivity contribution is -0.117. The van der Waals surface area contributed by atoms with Gasteiger partial charge in [-0.05, 0) is 58.3 Å². The minimum atomic E-state index is -0.345. The topological polar surface area (TPSA) is 68.7 Å². The molecule has 25 heavy (non-hydrogen) atoms. The molecule has 124 valence electrons. The normalized spacial score (nSPS) is 11.3. The van der Waals surface area contributed by atoms with Crippen LogP contribution >= 0.6 is 22.6 Å². The molecule has 0 aliphatic carbocycles. The van der Waals surface area contributed by atoms with Crippen molar-refractivity contribution in [3.05, 3.63) is 75.0 Å². The Labute approximate surface area is 159 Å². The van der Waals surface area contributed by atoms with E-state index in [1.54, 1.807) is 6.08 Å². The van der Waals surface area contributed by atoms with Crippen LogP contribution in [0.3, 0.4) is 0 Å². The van der Waals surface area contributed by atoms with E-state index < -0.39 is 0 Å². The molecule has 0 fully saturated rings. The van der Waals surface area contributed by atoms with Crippen LogP contribution in [0.4, 0.5) is 0 Å². The Morgan fingerprint density at radius 2 is 1.96 bits per heavy atom. The molecule has 2 N–H and O–H groups in total. The van der Waals surface area contributed by atoms with Crippen molar-refractivity contribution in [2.45, 2.75) is 6.42 Å². The molecule has 3 rings (SSSR count). The van der Waals surface area contributed by atoms with E-state index in [9.17, 15) is 10.1 Å². The fourth-order valence-electron chi connectivity index (χ4n) is 2.64. The lowest BCUT2D eigenvalue weighted by atomic mass is 10.1. The number of hydrogen-bond donors (Lipinski definition) is 2. The van der Waals surface area contributed by atoms with Gasteiger partial charge in [0.25, 0.3) is 5.91 Å². The van der Waals surface area contributed by atoms with E-state index in [2.05, 4.69) is 39.0 Å². The van der Waals surface area contributed by atoms with Gasteiger partial charge < -0.3 is 10.3 Å². The van der Waals surface area contributed by atoms with Crippen LogP contribution < -0.4 is 5.32 Å². The minimum Gasteiger partial charge on any atom is -0.361 e. The Bertz CT molecular complexity index is 982. The number of nitrogens with one attached hydrogen (secondary N) is 2. The average molecular weight is 441 g/mol. The molecule has 1 heterocycles. The van der Waals surface area contributed by atoms with E-state index in [0.717, 1.165) is 25.6 Å². The molecule has 0 aliphatic heterocycles. The molecular formula is C20H16IN3O. The Morgan fingerprint density at radius 3 is 2.76 bits per heavy atom. The standard InChI is InChI=1S/C20H16IN3O/c21-18-7-3-1-5-14(18)11-16(12-22)20(25)23-10-9-15-13-24-19-8-4-2-6-17(15)19/h1-8,11,13,24H,9-10H2,(H,23,25)/b16-11-. The summed E-state index contributed by atoms with van der Waals surface area (Å²) in [6, 6.07) is 17.7. The van der Waals surface area contributed by atoms with E-state index in [1.165, 1.54) is 0 Å². The van der Waals surface area contributed by atoms with E-state index >= 15 is 0 Å². The van der Waals surface area contributed by atoms with Crippen molar-refractivity contribution in [3.8, 4) is 6.07 Å². The third-order valence-electron chi connectivity index (χ3n) is 3.92. The highest BCUT2D eigenvalue weighted by Crippen LogP contribution is 2.18. The molecule has 0 aliphatic rings. The molecule has 0 unspecified atom stereocenters. The van der Waals surface area contributed by atoms with E-state index in [1.807, 2.05) is 54.7 Å². The van der Waals surface area contributed by atoms with Crippen molar-refractivity contribution in [2.75, 3.05) is 6.54 Å². The van der Waals surface area contributed by atoms with Gasteiger partial charge in [-0.3, -0.25) is 4.79 Å². The number of aromatic nitrogens is 1. The lowest BCUT2D eigenvalue weighted by Crippen LogP contribution is -2.26. The third kappa shape index (κ3) is 4.09. The predicted molar refractivity (Wildman–Crippen MR) is 108 cm³/mol. The van der Waals surface area contributed by atoms with Crippen LogP contribution in [0.2, 0.25) is 0 Å². The first kappa shape index (κ1) is 17.2. The van der Waals surface area contributed by atoms with Crippen LogP contribution in [0.1, 0.15) is 11.1 Å². The Morgan fingerprint density at radius 1 is 1.20 bits per heavy atom. The van der Waals surface area contributed by atoms with E-state index in [-0.39, 0.29) is 11.5 Å². The van der Waals surface area contributed by atoms with Gasteiger partial charge in [-0.1, -0.05) is 36.4 Å². The fraction of sp³-hybridized carbons (Fsp3) is 0.100. The maximum Gasteiger partial charge on any atom is 0.261 e. The van der Waals surface area contributed by atoms with Gasteiger partial charge in [0.05, 0.1) is 0 Å². The highest BCUT2D eigenvalue weighted by Gasteiger charge is 2.10. The number of rotatable bonds is 5. The van der Waals surface area contributed by atoms with Gasteiger partial charge in [0, 0.05) is 27.2 Å². The summed E-state index contributed by atoms with van der Waals surface area (Å²) in [6.07, 6.45) is 4.30. The zero-order valence-corrected chi connectivity index (χ0v) is 15.6. The number of amides is 1. The van der Waals surface area contributed by atoms with Gasteiger partial charge in [0.1, 0.15) is 11.6 Å². The van der Waals surface area contributed by atoms with Gasteiger partial charge in [-0.15, -0.1) is 0 Å². The zero-order chi connectivity index (χ0) is 17.6. The number of nitrogens with zero attached hydrogens (tertiary/aromatic N) is 1. The maximum absolute atomic E-state index is 12.3. The molecule has 5 heteroatoms. The van der Waals surface area contributed by atoms with Crippen LogP contribution in [0.15, 0.2) is 60.3 Å². The molecule has 0 atom stereocenters. The smallest absolute Gasteiger partial charge is 0.261 e. The largest absolute Gasteiger partial charge is 0.361 e. The highest BCUT2D eigenvalue weighted by atomic mass is 127. The van der Waals surface area contributed by atoms with Crippen LogP contribution in [-0.4, -0.2) is 17.4 Å². The molecule has 0 bridgehead atoms. The number of H-pyrrole nitrogens is 1. The number of hydrogen-bond acceptors (Lipinski definition) is 2. The second-order valence-electron chi connectivity index (χ2n) is 5.56. The molecule has 1 amide bonds. The molecule has 4 nitrogen and oxygen atoms in total. The first-order valence-corrected chi connectivity index (χ1v) is 8.96. The summed E-state index contributed by atoms with van der Waals surface area (Å²) in [4.78, 5) is 15.5. The summed E-state index contributed by atoms with van der Waals surface area (Å²) < 4.78 is 0.999. The van der Waals surface area contributed by atoms with Crippen molar-refractivity contribution < 1.29 is 4.79 Å². The number of benzene rings is 2. The second-order valence-corrected chi connectivity index (χ2v) is 6.72. The van der Waals surface area contributed by atoms with Crippen LogP contribution in [0.25, 0.3) is 17.0 Å². The first-order valence-electron chi connectivity index (χ1n) is 7.88. The summed E-state index contributed by atoms with van der Waals surface area (Å²) in [5, 5.41) is 13.3. The number of carbonyl (C=O) groups is 1. The number of nitriles is 1. The van der Waals surface area contributed by atoms with Crippen molar-refractivity contribution in [1.29, 1.82) is 5.26 Å². The van der Waals surface area contributed by atoms with Crippen LogP contribution in [0.5, 0.6) is 0 Å².